The van der Waals surface area contributed by atoms with Gasteiger partial charge in [-0.25, -0.2) is 9.59 Å². The van der Waals surface area contributed by atoms with Crippen LogP contribution in [0.4, 0.5) is 4.79 Å². The lowest BCUT2D eigenvalue weighted by Crippen LogP contribution is -2.45. The molecule has 2 aromatic carbocycles. The van der Waals surface area contributed by atoms with Crippen molar-refractivity contribution in [1.82, 2.24) is 10.2 Å². The van der Waals surface area contributed by atoms with Crippen molar-refractivity contribution < 1.29 is 33.0 Å². The molecule has 0 bridgehead atoms. The molecule has 9 nitrogen and oxygen atoms in total. The number of rotatable bonds is 7. The van der Waals surface area contributed by atoms with E-state index < -0.39 is 23.4 Å². The second-order valence-corrected chi connectivity index (χ2v) is 7.29. The van der Waals surface area contributed by atoms with E-state index in [1.54, 1.807) is 62.8 Å². The first kappa shape index (κ1) is 21.9. The molecule has 9 heteroatoms. The van der Waals surface area contributed by atoms with Crippen molar-refractivity contribution in [2.45, 2.75) is 12.1 Å². The number of hydrogen-bond acceptors (Lipinski definition) is 7. The van der Waals surface area contributed by atoms with E-state index in [2.05, 4.69) is 10.1 Å². The predicted octanol–water partition coefficient (Wildman–Crippen LogP) is 3.08. The third-order valence-corrected chi connectivity index (χ3v) is 5.51. The van der Waals surface area contributed by atoms with Crippen molar-refractivity contribution in [2.75, 3.05) is 21.3 Å². The largest absolute Gasteiger partial charge is 0.497 e. The Morgan fingerprint density at radius 1 is 0.879 bits per heavy atom. The number of ether oxygens (including phenoxy) is 3. The Labute approximate surface area is 189 Å². The summed E-state index contributed by atoms with van der Waals surface area (Å²) in [6.07, 6.45) is 0. The summed E-state index contributed by atoms with van der Waals surface area (Å²) < 4.78 is 20.5. The molecule has 0 atom stereocenters. The second-order valence-electron chi connectivity index (χ2n) is 7.29. The first-order chi connectivity index (χ1) is 15.9. The van der Waals surface area contributed by atoms with E-state index in [0.717, 1.165) is 4.90 Å². The summed E-state index contributed by atoms with van der Waals surface area (Å²) >= 11 is 0. The van der Waals surface area contributed by atoms with Crippen LogP contribution in [0.5, 0.6) is 11.5 Å². The molecule has 0 radical (unpaired) electrons. The molecule has 2 heterocycles. The highest BCUT2D eigenvalue weighted by molar-refractivity contribution is 6.09. The summed E-state index contributed by atoms with van der Waals surface area (Å²) in [5.74, 6) is 0.338. The number of nitrogens with one attached hydrogen (secondary N) is 1. The van der Waals surface area contributed by atoms with Crippen molar-refractivity contribution >= 4 is 17.9 Å². The Bertz CT molecular complexity index is 1130. The van der Waals surface area contributed by atoms with Crippen LogP contribution in [-0.2, 0) is 21.6 Å². The molecule has 4 rings (SSSR count). The molecule has 33 heavy (non-hydrogen) atoms. The van der Waals surface area contributed by atoms with Gasteiger partial charge in [0.05, 0.1) is 27.9 Å². The summed E-state index contributed by atoms with van der Waals surface area (Å²) in [5, 5.41) is 2.86. The third kappa shape index (κ3) is 3.78. The highest BCUT2D eigenvalue weighted by Gasteiger charge is 2.54. The number of imide groups is 1. The Morgan fingerprint density at radius 2 is 1.42 bits per heavy atom. The Morgan fingerprint density at radius 3 is 1.91 bits per heavy atom. The molecule has 1 fully saturated rings. The van der Waals surface area contributed by atoms with Crippen LogP contribution >= 0.6 is 0 Å². The first-order valence-corrected chi connectivity index (χ1v) is 10.0. The van der Waals surface area contributed by atoms with E-state index in [4.69, 9.17) is 13.9 Å². The van der Waals surface area contributed by atoms with Crippen molar-refractivity contribution in [2.24, 2.45) is 0 Å². The fraction of sp³-hybridized carbons (Fsp3) is 0.208. The van der Waals surface area contributed by atoms with E-state index in [1.807, 2.05) is 0 Å². The molecule has 0 saturated carbocycles. The fourth-order valence-corrected chi connectivity index (χ4v) is 3.79. The number of methoxy groups -OCH3 is 3. The molecule has 0 aliphatic carbocycles. The minimum absolute atomic E-state index is 0.0175. The molecule has 1 N–H and O–H groups in total. The lowest BCUT2D eigenvalue weighted by molar-refractivity contribution is -0.130. The van der Waals surface area contributed by atoms with Crippen LogP contribution in [-0.4, -0.2) is 44.1 Å². The number of urea groups is 1. The fourth-order valence-electron chi connectivity index (χ4n) is 3.79. The molecule has 1 aliphatic rings. The average molecular weight is 450 g/mol. The predicted molar refractivity (Wildman–Crippen MR) is 116 cm³/mol. The normalized spacial score (nSPS) is 14.7. The number of carbonyl (C=O) groups is 3. The van der Waals surface area contributed by atoms with Gasteiger partial charge >= 0.3 is 12.0 Å². The number of nitrogens with zero attached hydrogens (tertiary/aromatic N) is 1. The summed E-state index contributed by atoms with van der Waals surface area (Å²) in [6.45, 7) is -0.157. The highest BCUT2D eigenvalue weighted by Crippen LogP contribution is 2.38. The standard InChI is InChI=1S/C24H22N2O7/c1-30-17-8-4-15(5-9-17)24(16-6-10-18(31-2)11-7-16)22(28)26(23(29)25-24)14-19-12-13-20(33-19)21(27)32-3/h4-13H,14H2,1-3H3,(H,25,29). The number of esters is 1. The second kappa shape index (κ2) is 8.70. The van der Waals surface area contributed by atoms with E-state index in [-0.39, 0.29) is 18.1 Å². The van der Waals surface area contributed by atoms with Crippen LogP contribution in [0.1, 0.15) is 27.4 Å². The van der Waals surface area contributed by atoms with E-state index in [0.29, 0.717) is 22.6 Å². The number of furan rings is 1. The quantitative estimate of drug-likeness (QED) is 0.435. The summed E-state index contributed by atoms with van der Waals surface area (Å²) in [4.78, 5) is 39.5. The maximum Gasteiger partial charge on any atom is 0.373 e. The molecular formula is C24H22N2O7. The number of benzene rings is 2. The molecule has 3 aromatic rings. The zero-order chi connectivity index (χ0) is 23.6. The maximum atomic E-state index is 13.8. The molecular weight excluding hydrogens is 428 g/mol. The monoisotopic (exact) mass is 450 g/mol. The zero-order valence-corrected chi connectivity index (χ0v) is 18.3. The van der Waals surface area contributed by atoms with Gasteiger partial charge in [0.2, 0.25) is 5.76 Å². The van der Waals surface area contributed by atoms with Gasteiger partial charge in [0.15, 0.2) is 5.54 Å². The molecule has 1 saturated heterocycles. The van der Waals surface area contributed by atoms with Crippen LogP contribution < -0.4 is 14.8 Å². The van der Waals surface area contributed by atoms with Gasteiger partial charge in [-0.2, -0.15) is 0 Å². The molecule has 0 unspecified atom stereocenters. The van der Waals surface area contributed by atoms with Gasteiger partial charge in [0, 0.05) is 0 Å². The van der Waals surface area contributed by atoms with E-state index in [9.17, 15) is 14.4 Å². The summed E-state index contributed by atoms with van der Waals surface area (Å²) in [5.41, 5.74) is -0.346. The van der Waals surface area contributed by atoms with E-state index in [1.165, 1.54) is 19.2 Å². The minimum Gasteiger partial charge on any atom is -0.497 e. The van der Waals surface area contributed by atoms with E-state index >= 15 is 0 Å². The van der Waals surface area contributed by atoms with Crippen LogP contribution in [0.15, 0.2) is 65.1 Å². The van der Waals surface area contributed by atoms with Gasteiger partial charge in [-0.15, -0.1) is 0 Å². The van der Waals surface area contributed by atoms with Crippen molar-refractivity contribution in [3.05, 3.63) is 83.3 Å². The molecule has 1 aliphatic heterocycles. The lowest BCUT2D eigenvalue weighted by atomic mass is 9.82. The molecule has 3 amide bonds. The average Bonchev–Trinajstić information content (AvgIpc) is 3.42. The van der Waals surface area contributed by atoms with Crippen LogP contribution in [0.2, 0.25) is 0 Å². The van der Waals surface area contributed by atoms with Gasteiger partial charge in [-0.1, -0.05) is 24.3 Å². The van der Waals surface area contributed by atoms with Crippen LogP contribution in [0.25, 0.3) is 0 Å². The smallest absolute Gasteiger partial charge is 0.373 e. The highest BCUT2D eigenvalue weighted by atomic mass is 16.5. The third-order valence-electron chi connectivity index (χ3n) is 5.51. The van der Waals surface area contributed by atoms with Crippen molar-refractivity contribution in [3.63, 3.8) is 0 Å². The van der Waals surface area contributed by atoms with Crippen LogP contribution in [0, 0.1) is 0 Å². The maximum absolute atomic E-state index is 13.8. The number of hydrogen-bond donors (Lipinski definition) is 1. The Kier molecular flexibility index (Phi) is 5.78. The van der Waals surface area contributed by atoms with Crippen molar-refractivity contribution in [1.29, 1.82) is 0 Å². The molecule has 170 valence electrons. The van der Waals surface area contributed by atoms with Crippen LogP contribution in [0.3, 0.4) is 0 Å². The van der Waals surface area contributed by atoms with Gasteiger partial charge < -0.3 is 23.9 Å². The SMILES string of the molecule is COC(=O)c1ccc(CN2C(=O)NC(c3ccc(OC)cc3)(c3ccc(OC)cc3)C2=O)o1. The topological polar surface area (TPSA) is 107 Å². The van der Waals surface area contributed by atoms with Gasteiger partial charge in [-0.05, 0) is 47.5 Å². The summed E-state index contributed by atoms with van der Waals surface area (Å²) in [7, 11) is 4.33. The number of carbonyl (C=O) groups excluding carboxylic acids is 3. The molecule has 0 spiro atoms. The first-order valence-electron chi connectivity index (χ1n) is 10.0. The van der Waals surface area contributed by atoms with Crippen molar-refractivity contribution in [3.8, 4) is 11.5 Å². The summed E-state index contributed by atoms with van der Waals surface area (Å²) in [6, 6.07) is 16.2. The number of amides is 3. The Balaban J connectivity index is 1.74. The molecule has 1 aromatic heterocycles. The Hall–Kier alpha value is -4.27. The van der Waals surface area contributed by atoms with Gasteiger partial charge in [0.1, 0.15) is 17.3 Å². The van der Waals surface area contributed by atoms with Gasteiger partial charge in [-0.3, -0.25) is 9.69 Å². The minimum atomic E-state index is -1.46. The van der Waals surface area contributed by atoms with Gasteiger partial charge in [0.25, 0.3) is 5.91 Å². The lowest BCUT2D eigenvalue weighted by Gasteiger charge is -2.28. The zero-order valence-electron chi connectivity index (χ0n) is 18.3.